The van der Waals surface area contributed by atoms with E-state index in [9.17, 15) is 18.0 Å². The number of fused-ring (bicyclic) bond motifs is 5. The number of anilines is 8. The molecule has 1 amide bonds. The number of ether oxygens (including phenoxy) is 1. The van der Waals surface area contributed by atoms with E-state index in [0.717, 1.165) is 114 Å². The third kappa shape index (κ3) is 14.4. The molecule has 3 atom stereocenters. The van der Waals surface area contributed by atoms with Gasteiger partial charge in [-0.15, -0.1) is 0 Å². The Balaban J connectivity index is 0.000000129. The van der Waals surface area contributed by atoms with Crippen molar-refractivity contribution in [2.24, 2.45) is 17.8 Å². The third-order valence-corrected chi connectivity index (χ3v) is 17.9. The molecule has 9 fully saturated rings. The summed E-state index contributed by atoms with van der Waals surface area (Å²) in [6, 6.07) is 1.11. The Morgan fingerprint density at radius 1 is 0.532 bits per heavy atom. The van der Waals surface area contributed by atoms with Gasteiger partial charge in [0.25, 0.3) is 0 Å². The number of hydrogen-bond donors (Lipinski definition) is 4. The molecule has 1 unspecified atom stereocenters. The Bertz CT molecular complexity index is 2430. The summed E-state index contributed by atoms with van der Waals surface area (Å²) in [5.41, 5.74) is 29.5. The highest BCUT2D eigenvalue weighted by Gasteiger charge is 2.42. The van der Waals surface area contributed by atoms with E-state index in [4.69, 9.17) is 27.7 Å². The molecule has 0 spiro atoms. The monoisotopic (exact) mass is 1100 g/mol. The van der Waals surface area contributed by atoms with Gasteiger partial charge >= 0.3 is 0 Å². The average Bonchev–Trinajstić information content (AvgIpc) is 3.49. The van der Waals surface area contributed by atoms with Gasteiger partial charge in [-0.05, 0) is 88.8 Å². The number of halogens is 3. The van der Waals surface area contributed by atoms with Crippen LogP contribution < -0.4 is 42.5 Å². The topological polar surface area (TPSA) is 208 Å². The molecule has 6 saturated heterocycles. The standard InChI is InChI=1S/C18H25FN4O.C14H24N4O.2C13H19FN4/c19-15-10-21-11-16(20)17(15)22-5-7-23(8-6-22)18(24)14-9-12-1-3-13(14)4-2-12;1-12-10-16-11-13(15)14(12)18-7-5-17(6-8-18)4-3-9-19-2;2*14-11-7-16-8-12(15)13(11)18-6-5-17-4-2-1-3-10(17)9-18/h10-14H,1-9,20H2;10-11H,3-9,15H2,1-2H3;2*7-8,10H,1-6,9,15H2/t;;2*10-/m..10/s1. The van der Waals surface area contributed by atoms with Crippen LogP contribution in [-0.4, -0.2) is 183 Å². The molecular formula is C58H87F3N16O2. The molecule has 79 heavy (non-hydrogen) atoms. The molecule has 0 aromatic carbocycles. The lowest BCUT2D eigenvalue weighted by Gasteiger charge is -2.45. The molecule has 432 valence electrons. The molecule has 2 bridgehead atoms. The van der Waals surface area contributed by atoms with Crippen LogP contribution in [0.5, 0.6) is 0 Å². The second-order valence-electron chi connectivity index (χ2n) is 22.9. The highest BCUT2D eigenvalue weighted by Crippen LogP contribution is 2.46. The molecular weight excluding hydrogens is 1010 g/mol. The third-order valence-electron chi connectivity index (χ3n) is 17.9. The number of rotatable bonds is 9. The van der Waals surface area contributed by atoms with E-state index in [1.807, 2.05) is 16.0 Å². The summed E-state index contributed by atoms with van der Waals surface area (Å²) in [7, 11) is 1.76. The fourth-order valence-electron chi connectivity index (χ4n) is 13.8. The molecule has 13 rings (SSSR count). The second-order valence-corrected chi connectivity index (χ2v) is 22.9. The van der Waals surface area contributed by atoms with Crippen LogP contribution in [0.15, 0.2) is 49.6 Å². The van der Waals surface area contributed by atoms with Gasteiger partial charge in [0.15, 0.2) is 17.5 Å². The summed E-state index contributed by atoms with van der Waals surface area (Å²) in [5.74, 6) is 0.904. The predicted molar refractivity (Wildman–Crippen MR) is 310 cm³/mol. The first kappa shape index (κ1) is 57.8. The summed E-state index contributed by atoms with van der Waals surface area (Å²) in [6.45, 7) is 18.7. The van der Waals surface area contributed by atoms with Crippen molar-refractivity contribution >= 4 is 51.4 Å². The van der Waals surface area contributed by atoms with Gasteiger partial charge in [-0.2, -0.15) is 0 Å². The number of methoxy groups -OCH3 is 1. The zero-order valence-corrected chi connectivity index (χ0v) is 46.8. The average molecular weight is 1100 g/mol. The number of carbonyl (C=O) groups is 1. The number of nitrogen functional groups attached to an aromatic ring is 4. The minimum atomic E-state index is -0.389. The molecule has 3 saturated carbocycles. The van der Waals surface area contributed by atoms with Crippen molar-refractivity contribution < 1.29 is 22.7 Å². The molecule has 4 aromatic rings. The van der Waals surface area contributed by atoms with Gasteiger partial charge in [-0.3, -0.25) is 39.4 Å². The molecule has 6 aliphatic heterocycles. The van der Waals surface area contributed by atoms with Crippen molar-refractivity contribution in [1.82, 2.24) is 39.5 Å². The summed E-state index contributed by atoms with van der Waals surface area (Å²) in [5, 5.41) is 0. The molecule has 4 aromatic heterocycles. The largest absolute Gasteiger partial charge is 0.396 e. The van der Waals surface area contributed by atoms with E-state index in [1.54, 1.807) is 13.3 Å². The number of piperidine rings is 2. The van der Waals surface area contributed by atoms with E-state index in [-0.39, 0.29) is 23.4 Å². The van der Waals surface area contributed by atoms with Crippen LogP contribution in [0, 0.1) is 42.1 Å². The summed E-state index contributed by atoms with van der Waals surface area (Å²) >= 11 is 0. The number of pyridine rings is 4. The van der Waals surface area contributed by atoms with Crippen LogP contribution in [-0.2, 0) is 9.53 Å². The lowest BCUT2D eigenvalue weighted by molar-refractivity contribution is -0.141. The van der Waals surface area contributed by atoms with Gasteiger partial charge < -0.3 is 52.2 Å². The van der Waals surface area contributed by atoms with Crippen molar-refractivity contribution in [1.29, 1.82) is 0 Å². The van der Waals surface area contributed by atoms with Gasteiger partial charge in [0.05, 0.1) is 88.9 Å². The molecule has 18 nitrogen and oxygen atoms in total. The molecule has 0 radical (unpaired) electrons. The van der Waals surface area contributed by atoms with Gasteiger partial charge in [-0.25, -0.2) is 13.2 Å². The van der Waals surface area contributed by atoms with Gasteiger partial charge in [0.2, 0.25) is 5.91 Å². The Morgan fingerprint density at radius 2 is 0.975 bits per heavy atom. The van der Waals surface area contributed by atoms with E-state index in [2.05, 4.69) is 56.3 Å². The normalized spacial score (nSPS) is 24.5. The van der Waals surface area contributed by atoms with Crippen LogP contribution in [0.1, 0.15) is 82.6 Å². The Kier molecular flexibility index (Phi) is 20.1. The van der Waals surface area contributed by atoms with E-state index < -0.39 is 0 Å². The maximum absolute atomic E-state index is 14.0. The van der Waals surface area contributed by atoms with Crippen LogP contribution in [0.2, 0.25) is 0 Å². The quantitative estimate of drug-likeness (QED) is 0.134. The first-order chi connectivity index (χ1) is 38.4. The Labute approximate surface area is 466 Å². The minimum absolute atomic E-state index is 0.229. The van der Waals surface area contributed by atoms with E-state index >= 15 is 0 Å². The molecule has 10 heterocycles. The van der Waals surface area contributed by atoms with Crippen LogP contribution in [0.4, 0.5) is 58.7 Å². The highest BCUT2D eigenvalue weighted by atomic mass is 19.1. The number of amides is 1. The second kappa shape index (κ2) is 27.5. The Morgan fingerprint density at radius 3 is 1.43 bits per heavy atom. The number of hydrogen-bond acceptors (Lipinski definition) is 17. The van der Waals surface area contributed by atoms with Crippen LogP contribution >= 0.6 is 0 Å². The predicted octanol–water partition coefficient (Wildman–Crippen LogP) is 6.36. The van der Waals surface area contributed by atoms with Gasteiger partial charge in [0.1, 0.15) is 0 Å². The lowest BCUT2D eigenvalue weighted by atomic mass is 9.64. The van der Waals surface area contributed by atoms with Crippen LogP contribution in [0.3, 0.4) is 0 Å². The Hall–Kier alpha value is -5.90. The maximum atomic E-state index is 14.0. The van der Waals surface area contributed by atoms with E-state index in [0.29, 0.717) is 84.2 Å². The van der Waals surface area contributed by atoms with Crippen molar-refractivity contribution in [3.05, 3.63) is 72.6 Å². The molecule has 9 aliphatic rings. The van der Waals surface area contributed by atoms with Crippen molar-refractivity contribution in [3.63, 3.8) is 0 Å². The van der Waals surface area contributed by atoms with E-state index in [1.165, 1.54) is 114 Å². The summed E-state index contributed by atoms with van der Waals surface area (Å²) in [6.07, 6.45) is 26.7. The number of aryl methyl sites for hydroxylation is 1. The fourth-order valence-corrected chi connectivity index (χ4v) is 13.8. The zero-order chi connectivity index (χ0) is 55.4. The summed E-state index contributed by atoms with van der Waals surface area (Å²) in [4.78, 5) is 46.4. The highest BCUT2D eigenvalue weighted by molar-refractivity contribution is 5.80. The number of piperazine rings is 4. The lowest BCUT2D eigenvalue weighted by Crippen LogP contribution is -2.55. The van der Waals surface area contributed by atoms with Gasteiger partial charge in [0, 0.05) is 136 Å². The number of aromatic nitrogens is 4. The zero-order valence-electron chi connectivity index (χ0n) is 46.8. The summed E-state index contributed by atoms with van der Waals surface area (Å²) < 4.78 is 46.8. The SMILES string of the molecule is COCCCN1CCN(c2c(C)cncc2N)CC1.Nc1cncc(F)c1N1CCN(C(=O)C2CC3CCC2CC3)CC1.Nc1cncc(F)c1N1CCN2CCCC[C@@H]2C1.Nc1cncc(F)c1N1CCN2CCCC[C@H]2C1. The van der Waals surface area contributed by atoms with Crippen molar-refractivity contribution in [2.45, 2.75) is 96.1 Å². The maximum Gasteiger partial charge on any atom is 0.226 e. The molecule has 21 heteroatoms. The number of nitrogens with zero attached hydrogens (tertiary/aromatic N) is 12. The fraction of sp³-hybridized carbons (Fsp3) is 0.638. The van der Waals surface area contributed by atoms with Crippen molar-refractivity contribution in [2.75, 3.05) is 168 Å². The van der Waals surface area contributed by atoms with Crippen LogP contribution in [0.25, 0.3) is 0 Å². The first-order valence-corrected chi connectivity index (χ1v) is 29.2. The number of carbonyl (C=O) groups excluding carboxylic acids is 1. The van der Waals surface area contributed by atoms with Gasteiger partial charge in [-0.1, -0.05) is 25.7 Å². The first-order valence-electron chi connectivity index (χ1n) is 29.2. The smallest absolute Gasteiger partial charge is 0.226 e. The number of nitrogens with two attached hydrogens (primary N) is 4. The minimum Gasteiger partial charge on any atom is -0.396 e. The molecule has 3 aliphatic carbocycles. The van der Waals surface area contributed by atoms with Crippen molar-refractivity contribution in [3.8, 4) is 0 Å². The molecule has 8 N–H and O–H groups in total.